The third kappa shape index (κ3) is 4.07. The van der Waals surface area contributed by atoms with E-state index in [-0.39, 0.29) is 23.3 Å². The van der Waals surface area contributed by atoms with Gasteiger partial charge in [-0.1, -0.05) is 55.7 Å². The van der Waals surface area contributed by atoms with E-state index in [4.69, 9.17) is 4.74 Å². The fraction of sp³-hybridized carbons (Fsp3) is 0.310. The predicted octanol–water partition coefficient (Wildman–Crippen LogP) is 5.18. The van der Waals surface area contributed by atoms with Gasteiger partial charge >= 0.3 is 0 Å². The smallest absolute Gasteiger partial charge is 0.239 e. The minimum absolute atomic E-state index is 0.00326. The molecular weight excluding hydrogens is 424 g/mol. The van der Waals surface area contributed by atoms with E-state index >= 15 is 0 Å². The molecule has 0 bridgehead atoms. The average Bonchev–Trinajstić information content (AvgIpc) is 2.90. The van der Waals surface area contributed by atoms with Crippen molar-refractivity contribution < 1.29 is 9.53 Å². The summed E-state index contributed by atoms with van der Waals surface area (Å²) in [4.78, 5) is 26.3. The van der Waals surface area contributed by atoms with Crippen molar-refractivity contribution in [2.24, 2.45) is 0 Å². The van der Waals surface area contributed by atoms with E-state index < -0.39 is 0 Å². The van der Waals surface area contributed by atoms with Crippen LogP contribution in [0.5, 0.6) is 5.75 Å². The first-order valence-electron chi connectivity index (χ1n) is 12.0. The highest BCUT2D eigenvalue weighted by molar-refractivity contribution is 5.94. The molecule has 0 atom stereocenters. The summed E-state index contributed by atoms with van der Waals surface area (Å²) in [5.74, 6) is 0.799. The number of aromatic nitrogens is 1. The van der Waals surface area contributed by atoms with E-state index in [2.05, 4.69) is 17.4 Å². The Morgan fingerprint density at radius 1 is 0.882 bits per heavy atom. The third-order valence-corrected chi connectivity index (χ3v) is 7.32. The molecule has 1 amide bonds. The number of nitrogens with zero attached hydrogens (tertiary/aromatic N) is 1. The van der Waals surface area contributed by atoms with E-state index in [0.29, 0.717) is 17.3 Å². The molecular formula is C29H30N2O3. The van der Waals surface area contributed by atoms with E-state index in [1.165, 1.54) is 12.0 Å². The van der Waals surface area contributed by atoms with Gasteiger partial charge in [0.15, 0.2) is 5.43 Å². The second-order valence-corrected chi connectivity index (χ2v) is 9.30. The van der Waals surface area contributed by atoms with E-state index in [1.54, 1.807) is 7.11 Å². The van der Waals surface area contributed by atoms with Crippen molar-refractivity contribution in [1.29, 1.82) is 0 Å². The molecule has 1 saturated carbocycles. The van der Waals surface area contributed by atoms with Crippen LogP contribution in [0.2, 0.25) is 0 Å². The van der Waals surface area contributed by atoms with Crippen LogP contribution in [0, 0.1) is 0 Å². The molecule has 1 N–H and O–H groups in total. The van der Waals surface area contributed by atoms with Gasteiger partial charge < -0.3 is 14.6 Å². The molecule has 0 spiro atoms. The monoisotopic (exact) mass is 454 g/mol. The fourth-order valence-corrected chi connectivity index (χ4v) is 5.46. The molecule has 1 aliphatic carbocycles. The zero-order chi connectivity index (χ0) is 23.5. The molecule has 5 heteroatoms. The zero-order valence-electron chi connectivity index (χ0n) is 19.5. The Labute approximate surface area is 199 Å². The summed E-state index contributed by atoms with van der Waals surface area (Å²) in [5, 5.41) is 4.51. The normalized spacial score (nSPS) is 15.3. The van der Waals surface area contributed by atoms with Gasteiger partial charge in [-0.05, 0) is 54.8 Å². The number of nitrogens with one attached hydrogen (secondary N) is 1. The predicted molar refractivity (Wildman–Crippen MR) is 136 cm³/mol. The van der Waals surface area contributed by atoms with Crippen LogP contribution in [-0.2, 0) is 16.8 Å². The van der Waals surface area contributed by atoms with E-state index in [1.807, 2.05) is 65.2 Å². The number of fused-ring (bicyclic) bond motifs is 2. The number of carbonyl (C=O) groups is 1. The number of rotatable bonds is 6. The molecule has 3 aromatic carbocycles. The van der Waals surface area contributed by atoms with Gasteiger partial charge in [0, 0.05) is 22.7 Å². The van der Waals surface area contributed by atoms with Crippen LogP contribution >= 0.6 is 0 Å². The molecule has 0 radical (unpaired) electrons. The second kappa shape index (κ2) is 9.34. The highest BCUT2D eigenvalue weighted by Gasteiger charge is 2.34. The van der Waals surface area contributed by atoms with Crippen molar-refractivity contribution in [3.05, 3.63) is 88.6 Å². The summed E-state index contributed by atoms with van der Waals surface area (Å²) < 4.78 is 7.30. The standard InChI is InChI=1S/C29H30N2O3/c1-34-22-15-13-21(14-16-22)29(17-7-2-8-18-29)20-30-27(32)19-31-25-11-5-3-9-23(25)28(33)24-10-4-6-12-26(24)31/h3-6,9-16H,2,7-8,17-20H2,1H3,(H,30,32). The summed E-state index contributed by atoms with van der Waals surface area (Å²) in [6.07, 6.45) is 5.68. The number of amides is 1. The topological polar surface area (TPSA) is 60.3 Å². The Morgan fingerprint density at radius 2 is 1.47 bits per heavy atom. The Hall–Kier alpha value is -3.60. The highest BCUT2D eigenvalue weighted by Crippen LogP contribution is 2.39. The minimum atomic E-state index is -0.0616. The Morgan fingerprint density at radius 3 is 2.06 bits per heavy atom. The quantitative estimate of drug-likeness (QED) is 0.408. The lowest BCUT2D eigenvalue weighted by atomic mass is 9.69. The number of hydrogen-bond donors (Lipinski definition) is 1. The lowest BCUT2D eigenvalue weighted by molar-refractivity contribution is -0.121. The second-order valence-electron chi connectivity index (χ2n) is 9.30. The van der Waals surface area contributed by atoms with Gasteiger partial charge in [0.25, 0.3) is 0 Å². The van der Waals surface area contributed by atoms with Gasteiger partial charge in [0.05, 0.1) is 18.1 Å². The average molecular weight is 455 g/mol. The Kier molecular flexibility index (Phi) is 6.10. The van der Waals surface area contributed by atoms with Gasteiger partial charge in [-0.3, -0.25) is 9.59 Å². The van der Waals surface area contributed by atoms with Crippen molar-refractivity contribution in [3.8, 4) is 5.75 Å². The molecule has 5 rings (SSSR count). The molecule has 1 aliphatic rings. The fourth-order valence-electron chi connectivity index (χ4n) is 5.46. The van der Waals surface area contributed by atoms with E-state index in [0.717, 1.165) is 42.5 Å². The molecule has 34 heavy (non-hydrogen) atoms. The van der Waals surface area contributed by atoms with Gasteiger partial charge in [-0.25, -0.2) is 0 Å². The number of carbonyl (C=O) groups excluding carboxylic acids is 1. The van der Waals surface area contributed by atoms with Gasteiger partial charge in [-0.2, -0.15) is 0 Å². The molecule has 5 nitrogen and oxygen atoms in total. The summed E-state index contributed by atoms with van der Waals surface area (Å²) >= 11 is 0. The van der Waals surface area contributed by atoms with Gasteiger partial charge in [0.2, 0.25) is 5.91 Å². The van der Waals surface area contributed by atoms with Crippen molar-refractivity contribution >= 4 is 27.7 Å². The minimum Gasteiger partial charge on any atom is -0.497 e. The van der Waals surface area contributed by atoms with Crippen LogP contribution in [0.3, 0.4) is 0 Å². The molecule has 0 aliphatic heterocycles. The number of pyridine rings is 1. The van der Waals surface area contributed by atoms with Crippen LogP contribution in [-0.4, -0.2) is 24.1 Å². The number of para-hydroxylation sites is 2. The zero-order valence-corrected chi connectivity index (χ0v) is 19.5. The summed E-state index contributed by atoms with van der Waals surface area (Å²) in [7, 11) is 1.68. The van der Waals surface area contributed by atoms with Crippen LogP contribution in [0.4, 0.5) is 0 Å². The molecule has 0 unspecified atom stereocenters. The maximum absolute atomic E-state index is 13.3. The maximum atomic E-state index is 13.3. The summed E-state index contributed by atoms with van der Waals surface area (Å²) in [6.45, 7) is 0.772. The third-order valence-electron chi connectivity index (χ3n) is 7.32. The molecule has 1 fully saturated rings. The molecule has 174 valence electrons. The highest BCUT2D eigenvalue weighted by atomic mass is 16.5. The van der Waals surface area contributed by atoms with E-state index in [9.17, 15) is 9.59 Å². The lowest BCUT2D eigenvalue weighted by Crippen LogP contribution is -2.43. The Bertz CT molecular complexity index is 1320. The van der Waals surface area contributed by atoms with Crippen LogP contribution in [0.1, 0.15) is 37.7 Å². The van der Waals surface area contributed by atoms with Crippen molar-refractivity contribution in [3.63, 3.8) is 0 Å². The Balaban J connectivity index is 1.43. The maximum Gasteiger partial charge on any atom is 0.239 e. The molecule has 1 heterocycles. The van der Waals surface area contributed by atoms with Crippen molar-refractivity contribution in [1.82, 2.24) is 9.88 Å². The lowest BCUT2D eigenvalue weighted by Gasteiger charge is -2.38. The van der Waals surface area contributed by atoms with Crippen molar-refractivity contribution in [2.45, 2.75) is 44.1 Å². The SMILES string of the molecule is COc1ccc(C2(CNC(=O)Cn3c4ccccc4c(=O)c4ccccc43)CCCCC2)cc1. The number of hydrogen-bond acceptors (Lipinski definition) is 3. The summed E-state index contributed by atoms with van der Waals surface area (Å²) in [6, 6.07) is 23.3. The summed E-state index contributed by atoms with van der Waals surface area (Å²) in [5.41, 5.74) is 2.76. The number of benzene rings is 3. The number of ether oxygens (including phenoxy) is 1. The number of methoxy groups -OCH3 is 1. The van der Waals surface area contributed by atoms with Crippen LogP contribution in [0.15, 0.2) is 77.6 Å². The van der Waals surface area contributed by atoms with Gasteiger partial charge in [-0.15, -0.1) is 0 Å². The molecule has 0 saturated heterocycles. The van der Waals surface area contributed by atoms with Crippen LogP contribution < -0.4 is 15.5 Å². The van der Waals surface area contributed by atoms with Crippen LogP contribution in [0.25, 0.3) is 21.8 Å². The first kappa shape index (κ1) is 22.2. The first-order chi connectivity index (χ1) is 16.6. The molecule has 4 aromatic rings. The molecule has 1 aromatic heterocycles. The van der Waals surface area contributed by atoms with Gasteiger partial charge in [0.1, 0.15) is 12.3 Å². The largest absolute Gasteiger partial charge is 0.497 e. The van der Waals surface area contributed by atoms with Crippen molar-refractivity contribution in [2.75, 3.05) is 13.7 Å². The first-order valence-corrected chi connectivity index (χ1v) is 12.0.